The zero-order chi connectivity index (χ0) is 44.1. The first-order valence-electron chi connectivity index (χ1n) is 21.2. The predicted molar refractivity (Wildman–Crippen MR) is 222 cm³/mol. The lowest BCUT2D eigenvalue weighted by Gasteiger charge is -2.57. The SMILES string of the molecule is COc1ccc(CC(C)[NH2+]CC(O)c2ccc(O)c(NC=O)c2)c(CCCC(OCC(=O)COP(=O)([O-])O)OC2CC3C4CCC5=CC(=O)C=CC5(C)C4C(O)CC3(C)C2)c1. The molecule has 15 nitrogen and oxygen atoms in total. The minimum Gasteiger partial charge on any atom is -0.756 e. The Bertz CT molecular complexity index is 2020. The van der Waals surface area contributed by atoms with Gasteiger partial charge in [-0.1, -0.05) is 37.6 Å². The standard InChI is InChI=1S/C45H61N2O13P/c1-27(46-23-41(53)30-9-13-39(51)38(18-30)47-26-48)16-29-8-11-34(57-4)17-28(29)6-5-7-42(58-24-33(50)25-59-61(54,55)56)60-35-20-37-36-12-10-31-19-32(49)14-15-45(31,3)43(36)40(52)22-44(37,2)21-35/h8-9,11,13-15,17-19,26-27,35-37,40-43,46,51-53H,5-7,10,12,16,20-25H2,1-4H3,(H,47,48)(H2,54,55,56). The minimum atomic E-state index is -5.10. The number of nitrogens with two attached hydrogens (primary N) is 1. The van der Waals surface area contributed by atoms with Crippen molar-refractivity contribution < 1.29 is 68.1 Å². The number of aliphatic hydroxyl groups is 2. The van der Waals surface area contributed by atoms with Gasteiger partial charge in [0.25, 0.3) is 7.82 Å². The average molecular weight is 869 g/mol. The molecule has 3 saturated carbocycles. The van der Waals surface area contributed by atoms with Gasteiger partial charge in [-0.25, -0.2) is 0 Å². The molecule has 4 aliphatic rings. The van der Waals surface area contributed by atoms with Crippen LogP contribution < -0.4 is 20.3 Å². The van der Waals surface area contributed by atoms with Crippen molar-refractivity contribution in [3.05, 3.63) is 76.9 Å². The van der Waals surface area contributed by atoms with Crippen molar-refractivity contribution in [1.29, 1.82) is 0 Å². The van der Waals surface area contributed by atoms with E-state index >= 15 is 0 Å². The molecule has 1 amide bonds. The van der Waals surface area contributed by atoms with Crippen molar-refractivity contribution in [3.63, 3.8) is 0 Å². The molecule has 3 fully saturated rings. The number of ether oxygens (including phenoxy) is 3. The maximum absolute atomic E-state index is 12.6. The topological polar surface area (TPSA) is 238 Å². The van der Waals surface area contributed by atoms with Crippen molar-refractivity contribution in [3.8, 4) is 11.5 Å². The second-order valence-corrected chi connectivity index (χ2v) is 19.1. The molecule has 4 aliphatic carbocycles. The minimum absolute atomic E-state index is 0.00904. The van der Waals surface area contributed by atoms with Crippen LogP contribution in [0.3, 0.4) is 0 Å². The lowest BCUT2D eigenvalue weighted by atomic mass is 9.47. The number of nitrogens with one attached hydrogen (secondary N) is 1. The van der Waals surface area contributed by atoms with Crippen molar-refractivity contribution >= 4 is 31.5 Å². The van der Waals surface area contributed by atoms with Crippen LogP contribution in [0.25, 0.3) is 0 Å². The van der Waals surface area contributed by atoms with E-state index in [-0.39, 0.29) is 52.5 Å². The fourth-order valence-electron chi connectivity index (χ4n) is 10.7. The van der Waals surface area contributed by atoms with Crippen molar-refractivity contribution in [2.24, 2.45) is 28.6 Å². The molecule has 11 unspecified atom stereocenters. The summed E-state index contributed by atoms with van der Waals surface area (Å²) in [6.45, 7) is 5.43. The maximum Gasteiger partial charge on any atom is 0.265 e. The summed E-state index contributed by atoms with van der Waals surface area (Å²) in [6.07, 6.45) is 9.42. The number of phosphoric acid groups is 1. The van der Waals surface area contributed by atoms with Gasteiger partial charge >= 0.3 is 0 Å². The van der Waals surface area contributed by atoms with Crippen LogP contribution in [0.1, 0.15) is 88.5 Å². The largest absolute Gasteiger partial charge is 0.756 e. The normalized spacial score (nSPS) is 29.3. The first-order valence-corrected chi connectivity index (χ1v) is 22.7. The molecule has 0 aromatic heterocycles. The van der Waals surface area contributed by atoms with Gasteiger partial charge in [-0.2, -0.15) is 0 Å². The number of carbonyl (C=O) groups excluding carboxylic acids is 3. The summed E-state index contributed by atoms with van der Waals surface area (Å²) < 4.78 is 33.7. The van der Waals surface area contributed by atoms with E-state index in [1.165, 1.54) is 6.07 Å². The van der Waals surface area contributed by atoms with Gasteiger partial charge in [0, 0.05) is 17.8 Å². The number of hydrogen-bond acceptors (Lipinski definition) is 12. The molecule has 0 radical (unpaired) electrons. The number of Topliss-reactive ketones (excluding diaryl/α,β-unsaturated/α-hetero) is 1. The molecule has 0 heterocycles. The number of phenolic OH excluding ortho intramolecular Hbond substituents is 1. The molecule has 2 aromatic carbocycles. The molecule has 61 heavy (non-hydrogen) atoms. The summed E-state index contributed by atoms with van der Waals surface area (Å²) in [5.41, 5.74) is 3.43. The highest BCUT2D eigenvalue weighted by Gasteiger charge is 2.60. The Morgan fingerprint density at radius 1 is 1.15 bits per heavy atom. The highest BCUT2D eigenvalue weighted by atomic mass is 31.2. The van der Waals surface area contributed by atoms with E-state index in [0.717, 1.165) is 36.0 Å². The summed E-state index contributed by atoms with van der Waals surface area (Å²) in [7, 11) is -3.50. The lowest BCUT2D eigenvalue weighted by Crippen LogP contribution is -2.90. The number of methoxy groups -OCH3 is 1. The van der Waals surface area contributed by atoms with Crippen LogP contribution in [0.4, 0.5) is 5.69 Å². The molecular formula is C45H61N2O13P. The third-order valence-electron chi connectivity index (χ3n) is 13.6. The van der Waals surface area contributed by atoms with Crippen molar-refractivity contribution in [2.45, 2.75) is 109 Å². The molecule has 0 bridgehead atoms. The summed E-state index contributed by atoms with van der Waals surface area (Å²) in [6, 6.07) is 10.6. The third kappa shape index (κ3) is 11.4. The molecule has 0 spiro atoms. The monoisotopic (exact) mass is 868 g/mol. The Balaban J connectivity index is 1.11. The maximum atomic E-state index is 12.6. The van der Waals surface area contributed by atoms with Crippen LogP contribution in [-0.2, 0) is 45.8 Å². The number of fused-ring (bicyclic) bond motifs is 5. The molecule has 334 valence electrons. The Hall–Kier alpha value is -3.76. The third-order valence-corrected chi connectivity index (χ3v) is 14.1. The van der Waals surface area contributed by atoms with Gasteiger partial charge in [-0.15, -0.1) is 0 Å². The molecule has 7 N–H and O–H groups in total. The summed E-state index contributed by atoms with van der Waals surface area (Å²) in [5.74, 6) is 0.381. The molecular weight excluding hydrogens is 807 g/mol. The van der Waals surface area contributed by atoms with Crippen molar-refractivity contribution in [2.75, 3.05) is 32.2 Å². The average Bonchev–Trinajstić information content (AvgIpc) is 3.54. The molecule has 6 rings (SSSR count). The predicted octanol–water partition coefficient (Wildman–Crippen LogP) is 3.57. The number of aromatic hydroxyl groups is 1. The van der Waals surface area contributed by atoms with Gasteiger partial charge in [0.1, 0.15) is 37.4 Å². The first-order chi connectivity index (χ1) is 28.9. The number of aliphatic hydroxyl groups excluding tert-OH is 2. The summed E-state index contributed by atoms with van der Waals surface area (Å²) >= 11 is 0. The fraction of sp³-hybridized carbons (Fsp3) is 0.578. The number of quaternary nitrogens is 1. The number of amides is 1. The zero-order valence-corrected chi connectivity index (χ0v) is 36.3. The quantitative estimate of drug-likeness (QED) is 0.0456. The van der Waals surface area contributed by atoms with Gasteiger partial charge < -0.3 is 54.5 Å². The van der Waals surface area contributed by atoms with Crippen molar-refractivity contribution in [1.82, 2.24) is 0 Å². The second-order valence-electron chi connectivity index (χ2n) is 17.9. The number of aryl methyl sites for hydroxylation is 1. The number of ketones is 2. The smallest absolute Gasteiger partial charge is 0.265 e. The van der Waals surface area contributed by atoms with E-state index in [1.54, 1.807) is 31.4 Å². The fourth-order valence-corrected chi connectivity index (χ4v) is 11.0. The number of phenols is 1. The van der Waals surface area contributed by atoms with E-state index in [1.807, 2.05) is 29.6 Å². The van der Waals surface area contributed by atoms with Crippen LogP contribution in [0, 0.1) is 28.6 Å². The van der Waals surface area contributed by atoms with Crippen LogP contribution in [-0.4, -0.2) is 89.6 Å². The van der Waals surface area contributed by atoms with Gasteiger partial charge in [-0.05, 0) is 129 Å². The second kappa shape index (κ2) is 19.7. The number of phosphoric ester groups is 1. The molecule has 16 heteroatoms. The lowest BCUT2D eigenvalue weighted by molar-refractivity contribution is -0.692. The van der Waals surface area contributed by atoms with Gasteiger partial charge in [0.15, 0.2) is 17.9 Å². The Morgan fingerprint density at radius 2 is 1.93 bits per heavy atom. The summed E-state index contributed by atoms with van der Waals surface area (Å²) in [5, 5.41) is 37.1. The Labute approximate surface area is 357 Å². The number of rotatable bonds is 21. The molecule has 11 atom stereocenters. The first kappa shape index (κ1) is 46.7. The van der Waals surface area contributed by atoms with E-state index in [4.69, 9.17) is 19.1 Å². The Kier molecular flexibility index (Phi) is 15.1. The number of anilines is 1. The van der Waals surface area contributed by atoms with E-state index in [0.29, 0.717) is 62.8 Å². The highest BCUT2D eigenvalue weighted by Crippen LogP contribution is 2.64. The van der Waals surface area contributed by atoms with Crippen LogP contribution >= 0.6 is 7.82 Å². The number of benzene rings is 2. The number of allylic oxidation sites excluding steroid dienone is 4. The van der Waals surface area contributed by atoms with E-state index < -0.39 is 50.7 Å². The van der Waals surface area contributed by atoms with E-state index in [2.05, 4.69) is 30.6 Å². The molecule has 2 aromatic rings. The highest BCUT2D eigenvalue weighted by molar-refractivity contribution is 7.44. The van der Waals surface area contributed by atoms with Crippen LogP contribution in [0.5, 0.6) is 11.5 Å². The molecule has 0 saturated heterocycles. The Morgan fingerprint density at radius 3 is 2.67 bits per heavy atom. The zero-order valence-electron chi connectivity index (χ0n) is 35.4. The van der Waals surface area contributed by atoms with Crippen LogP contribution in [0.2, 0.25) is 0 Å². The number of carbonyl (C=O) groups is 3. The van der Waals surface area contributed by atoms with Gasteiger partial charge in [0.2, 0.25) is 6.41 Å². The van der Waals surface area contributed by atoms with Crippen LogP contribution in [0.15, 0.2) is 60.2 Å². The number of hydrogen-bond donors (Lipinski definition) is 6. The van der Waals surface area contributed by atoms with Gasteiger partial charge in [-0.3, -0.25) is 18.9 Å². The van der Waals surface area contributed by atoms with Gasteiger partial charge in [0.05, 0.1) is 31.0 Å². The molecule has 0 aliphatic heterocycles. The summed E-state index contributed by atoms with van der Waals surface area (Å²) in [4.78, 5) is 55.9. The van der Waals surface area contributed by atoms with E-state index in [9.17, 15) is 39.2 Å².